The molecule has 0 saturated carbocycles. The first-order valence-electron chi connectivity index (χ1n) is 4.89. The van der Waals surface area contributed by atoms with E-state index in [-0.39, 0.29) is 0 Å². The fraction of sp³-hybridized carbons (Fsp3) is 0.667. The quantitative estimate of drug-likeness (QED) is 0.348. The average molecular weight is 437 g/mol. The molecule has 1 aliphatic rings. The number of halogens is 8. The summed E-state index contributed by atoms with van der Waals surface area (Å²) in [5, 5.41) is 0. The van der Waals surface area contributed by atoms with Gasteiger partial charge in [-0.05, 0) is 13.2 Å². The van der Waals surface area contributed by atoms with Gasteiger partial charge in [0.15, 0.2) is 0 Å². The summed E-state index contributed by atoms with van der Waals surface area (Å²) in [5.74, 6) is 0. The van der Waals surface area contributed by atoms with Gasteiger partial charge >= 0.3 is 31.2 Å². The molecule has 1 aliphatic heterocycles. The van der Waals surface area contributed by atoms with E-state index in [1.165, 1.54) is 0 Å². The molecule has 1 N–H and O–H groups in total. The summed E-state index contributed by atoms with van der Waals surface area (Å²) in [6, 6.07) is 0. The van der Waals surface area contributed by atoms with E-state index in [4.69, 9.17) is 0 Å². The third-order valence-corrected chi connectivity index (χ3v) is 11.5. The number of hydrogen-bond acceptors (Lipinski definition) is 6. The van der Waals surface area contributed by atoms with Crippen LogP contribution in [0.2, 0.25) is 0 Å². The number of nitrogens with one attached hydrogen (secondary N) is 1. The van der Waals surface area contributed by atoms with E-state index in [9.17, 15) is 33.6 Å². The lowest BCUT2D eigenvalue weighted by atomic mass is 10.9. The van der Waals surface area contributed by atoms with E-state index in [0.717, 1.165) is 6.92 Å². The Hall–Kier alpha value is 0.580. The molecule has 0 saturated heterocycles. The Morgan fingerprint density at radius 3 is 1.86 bits per heavy atom. The molecule has 1 rings (SSSR count). The Bertz CT molecular complexity index is 714. The predicted molar refractivity (Wildman–Crippen MR) is 75.1 cm³/mol. The van der Waals surface area contributed by atoms with E-state index in [0.29, 0.717) is 4.86 Å². The van der Waals surface area contributed by atoms with Crippen molar-refractivity contribution in [2.24, 2.45) is 18.1 Å². The second-order valence-electron chi connectivity index (χ2n) is 3.42. The highest BCUT2D eigenvalue weighted by atomic mass is 31.3. The van der Waals surface area contributed by atoms with Gasteiger partial charge in [0.25, 0.3) is 0 Å². The summed E-state index contributed by atoms with van der Waals surface area (Å²) in [7, 11) is -30.0. The van der Waals surface area contributed by atoms with Crippen molar-refractivity contribution in [3.63, 3.8) is 0 Å². The van der Waals surface area contributed by atoms with Crippen LogP contribution in [0.15, 0.2) is 18.1 Å². The fourth-order valence-corrected chi connectivity index (χ4v) is 10.3. The summed E-state index contributed by atoms with van der Waals surface area (Å²) in [5.41, 5.74) is 0. The molecule has 0 aliphatic carbocycles. The van der Waals surface area contributed by atoms with Crippen LogP contribution in [-0.2, 0) is 4.52 Å². The molecule has 0 spiro atoms. The Balaban J connectivity index is 3.83. The molecule has 2 atom stereocenters. The summed E-state index contributed by atoms with van der Waals surface area (Å²) < 4.78 is 119. The van der Waals surface area contributed by atoms with Crippen molar-refractivity contribution in [2.45, 2.75) is 6.92 Å². The van der Waals surface area contributed by atoms with Gasteiger partial charge in [-0.15, -0.1) is 30.3 Å². The van der Waals surface area contributed by atoms with Gasteiger partial charge in [-0.25, -0.2) is 0 Å². The van der Waals surface area contributed by atoms with Gasteiger partial charge in [-0.1, -0.05) is 0 Å². The highest BCUT2D eigenvalue weighted by molar-refractivity contribution is 7.83. The molecule has 2 unspecified atom stereocenters. The van der Waals surface area contributed by atoms with Crippen LogP contribution in [0.5, 0.6) is 0 Å². The maximum Gasteiger partial charge on any atom is 0.425 e. The van der Waals surface area contributed by atoms with E-state index in [1.54, 1.807) is 9.03 Å². The maximum absolute atomic E-state index is 14.1. The number of hydrogen-bond donors (Lipinski definition) is 1. The van der Waals surface area contributed by atoms with Gasteiger partial charge in [0.1, 0.15) is 0 Å². The van der Waals surface area contributed by atoms with Crippen LogP contribution in [-0.4, -0.2) is 12.9 Å². The van der Waals surface area contributed by atoms with Crippen LogP contribution in [0, 0.1) is 0 Å². The molecule has 0 aromatic carbocycles. The molecule has 1 heterocycles. The zero-order valence-corrected chi connectivity index (χ0v) is 14.8. The Morgan fingerprint density at radius 2 is 1.36 bits per heavy atom. The normalized spacial score (nSPS) is 37.0. The lowest BCUT2D eigenvalue weighted by Crippen LogP contribution is -1.97. The minimum absolute atomic E-state index is 0.640. The monoisotopic (exact) mass is 437 g/mol. The molecule has 0 aromatic heterocycles. The minimum atomic E-state index is -6.56. The second-order valence-corrected chi connectivity index (χ2v) is 12.4. The van der Waals surface area contributed by atoms with E-state index in [1.807, 2.05) is 0 Å². The minimum Gasteiger partial charge on any atom is -0.303 e. The smallest absolute Gasteiger partial charge is 0.303 e. The zero-order chi connectivity index (χ0) is 17.4. The second kappa shape index (κ2) is 6.47. The van der Waals surface area contributed by atoms with Crippen LogP contribution in [0.4, 0.5) is 33.6 Å². The molecule has 0 bridgehead atoms. The SMILES string of the molecule is C=P1(F)N=P(F)(OCC)N=P(F)(F)N=P(F)(F)N=P(F)(F)N1. The van der Waals surface area contributed by atoms with Gasteiger partial charge in [0.2, 0.25) is 7.50 Å². The Kier molecular flexibility index (Phi) is 6.07. The van der Waals surface area contributed by atoms with Crippen molar-refractivity contribution in [3.8, 4) is 0 Å². The van der Waals surface area contributed by atoms with Crippen molar-refractivity contribution >= 4 is 45.0 Å². The lowest BCUT2D eigenvalue weighted by molar-refractivity contribution is 0.348. The summed E-state index contributed by atoms with van der Waals surface area (Å²) in [4.78, 5) is 0.680. The van der Waals surface area contributed by atoms with Crippen LogP contribution < -0.4 is 4.86 Å². The average Bonchev–Trinajstić information content (AvgIpc) is 2.04. The van der Waals surface area contributed by atoms with Crippen molar-refractivity contribution in [2.75, 3.05) is 6.61 Å². The highest BCUT2D eigenvalue weighted by Crippen LogP contribution is 2.80. The van der Waals surface area contributed by atoms with Crippen LogP contribution in [0.1, 0.15) is 6.92 Å². The van der Waals surface area contributed by atoms with Crippen molar-refractivity contribution in [3.05, 3.63) is 0 Å². The molecule has 0 radical (unpaired) electrons. The van der Waals surface area contributed by atoms with Gasteiger partial charge in [0, 0.05) is 0 Å². The highest BCUT2D eigenvalue weighted by Gasteiger charge is 2.39. The first-order valence-corrected chi connectivity index (χ1v) is 12.7. The fourth-order valence-electron chi connectivity index (χ4n) is 1.07. The summed E-state index contributed by atoms with van der Waals surface area (Å²) in [6.07, 6.45) is 2.48. The third kappa shape index (κ3) is 6.60. The van der Waals surface area contributed by atoms with Gasteiger partial charge in [-0.2, -0.15) is 26.2 Å². The molecule has 0 amide bonds. The molecule has 132 valence electrons. The number of nitrogens with zero attached hydrogens (tertiary/aromatic N) is 4. The predicted octanol–water partition coefficient (Wildman–Crippen LogP) is 8.36. The molecule has 6 nitrogen and oxygen atoms in total. The molecular formula is C3H8F8N5OP5. The van der Waals surface area contributed by atoms with Crippen LogP contribution in [0.3, 0.4) is 0 Å². The zero-order valence-electron chi connectivity index (χ0n) is 10.4. The van der Waals surface area contributed by atoms with Crippen molar-refractivity contribution < 1.29 is 38.1 Å². The standard InChI is InChI=1S/C3H8F8N5OP5/c1-3-17-22(11)13-18(2,4)12-19(5,6)14-20(7,8)15-21(9,10)16-22/h12H,2-3H2,1H3. The Morgan fingerprint density at radius 1 is 0.864 bits per heavy atom. The number of rotatable bonds is 2. The van der Waals surface area contributed by atoms with Crippen LogP contribution >= 0.6 is 38.7 Å². The van der Waals surface area contributed by atoms with E-state index < -0.39 is 45.3 Å². The lowest BCUT2D eigenvalue weighted by Gasteiger charge is -2.19. The van der Waals surface area contributed by atoms with E-state index in [2.05, 4.69) is 19.9 Å². The molecule has 0 fully saturated rings. The van der Waals surface area contributed by atoms with Gasteiger partial charge < -0.3 is 4.52 Å². The Labute approximate surface area is 120 Å². The summed E-state index contributed by atoms with van der Waals surface area (Å²) >= 11 is 0. The van der Waals surface area contributed by atoms with E-state index >= 15 is 0 Å². The largest absolute Gasteiger partial charge is 0.425 e. The molecular weight excluding hydrogens is 429 g/mol. The first kappa shape index (κ1) is 20.6. The van der Waals surface area contributed by atoms with Gasteiger partial charge in [-0.3, -0.25) is 0 Å². The first-order chi connectivity index (χ1) is 9.60. The van der Waals surface area contributed by atoms with Crippen molar-refractivity contribution in [1.82, 2.24) is 4.86 Å². The topological polar surface area (TPSA) is 70.7 Å². The maximum atomic E-state index is 14.1. The molecule has 19 heteroatoms. The molecule has 22 heavy (non-hydrogen) atoms. The third-order valence-electron chi connectivity index (χ3n) is 1.47. The molecule has 0 aromatic rings. The van der Waals surface area contributed by atoms with Crippen LogP contribution in [0.25, 0.3) is 0 Å². The van der Waals surface area contributed by atoms with Crippen molar-refractivity contribution in [1.29, 1.82) is 0 Å². The summed E-state index contributed by atoms with van der Waals surface area (Å²) in [6.45, 7) is 0.450. The van der Waals surface area contributed by atoms with Gasteiger partial charge in [0.05, 0.1) is 6.61 Å².